The number of nitrogens with one attached hydrogen (secondary N) is 2. The second kappa shape index (κ2) is 10.2. The van der Waals surface area contributed by atoms with E-state index < -0.39 is 17.6 Å². The zero-order valence-electron chi connectivity index (χ0n) is 19.2. The van der Waals surface area contributed by atoms with Gasteiger partial charge in [-0.1, -0.05) is 32.6 Å². The molecule has 2 aromatic rings. The van der Waals surface area contributed by atoms with Crippen molar-refractivity contribution in [3.05, 3.63) is 58.9 Å². The third-order valence-corrected chi connectivity index (χ3v) is 6.43. The Balaban J connectivity index is 1.47. The van der Waals surface area contributed by atoms with Crippen molar-refractivity contribution in [3.8, 4) is 0 Å². The van der Waals surface area contributed by atoms with Gasteiger partial charge in [0.2, 0.25) is 5.91 Å². The smallest absolute Gasteiger partial charge is 0.261 e. The van der Waals surface area contributed by atoms with Crippen LogP contribution >= 0.6 is 0 Å². The molecule has 0 bridgehead atoms. The largest absolute Gasteiger partial charge is 0.323 e. The Bertz CT molecular complexity index is 1140. The molecule has 2 aliphatic rings. The summed E-state index contributed by atoms with van der Waals surface area (Å²) in [7, 11) is 0. The minimum absolute atomic E-state index is 0.00895. The number of hydrogen-bond acceptors (Lipinski definition) is 4. The van der Waals surface area contributed by atoms with E-state index in [1.807, 2.05) is 6.92 Å². The average Bonchev–Trinajstić information content (AvgIpc) is 3.09. The number of rotatable bonds is 7. The zero-order valence-corrected chi connectivity index (χ0v) is 19.2. The van der Waals surface area contributed by atoms with Crippen molar-refractivity contribution in [1.82, 2.24) is 4.90 Å². The van der Waals surface area contributed by atoms with Gasteiger partial charge in [0.05, 0.1) is 16.8 Å². The van der Waals surface area contributed by atoms with Gasteiger partial charge in [0.15, 0.2) is 0 Å². The minimum Gasteiger partial charge on any atom is -0.323 e. The van der Waals surface area contributed by atoms with Crippen LogP contribution in [0.4, 0.5) is 15.8 Å². The molecule has 2 N–H and O–H groups in total. The Kier molecular flexibility index (Phi) is 7.05. The van der Waals surface area contributed by atoms with E-state index in [2.05, 4.69) is 10.6 Å². The first-order chi connectivity index (χ1) is 16.4. The van der Waals surface area contributed by atoms with Gasteiger partial charge in [-0.3, -0.25) is 24.1 Å². The summed E-state index contributed by atoms with van der Waals surface area (Å²) in [5.74, 6) is -2.19. The van der Waals surface area contributed by atoms with E-state index in [9.17, 15) is 23.6 Å². The average molecular weight is 466 g/mol. The van der Waals surface area contributed by atoms with Crippen LogP contribution in [0.15, 0.2) is 36.4 Å². The monoisotopic (exact) mass is 465 g/mol. The van der Waals surface area contributed by atoms with Crippen LogP contribution in [0.2, 0.25) is 0 Å². The van der Waals surface area contributed by atoms with Gasteiger partial charge in [0.1, 0.15) is 5.82 Å². The molecule has 1 saturated carbocycles. The van der Waals surface area contributed by atoms with Crippen LogP contribution < -0.4 is 10.6 Å². The third-order valence-electron chi connectivity index (χ3n) is 6.43. The maximum absolute atomic E-state index is 14.3. The molecule has 1 aliphatic heterocycles. The molecule has 7 nitrogen and oxygen atoms in total. The Morgan fingerprint density at radius 2 is 1.71 bits per heavy atom. The minimum atomic E-state index is -0.587. The molecule has 0 aromatic heterocycles. The summed E-state index contributed by atoms with van der Waals surface area (Å²) in [6.07, 6.45) is 6.23. The van der Waals surface area contributed by atoms with Gasteiger partial charge in [-0.2, -0.15) is 0 Å². The fraction of sp³-hybridized carbons (Fsp3) is 0.385. The summed E-state index contributed by atoms with van der Waals surface area (Å²) in [6, 6.07) is 8.34. The third kappa shape index (κ3) is 4.85. The molecule has 1 fully saturated rings. The first-order valence-corrected chi connectivity index (χ1v) is 11.8. The zero-order chi connectivity index (χ0) is 24.2. The highest BCUT2D eigenvalue weighted by Crippen LogP contribution is 2.28. The Labute approximate surface area is 197 Å². The van der Waals surface area contributed by atoms with Gasteiger partial charge in [0, 0.05) is 23.7 Å². The van der Waals surface area contributed by atoms with E-state index in [4.69, 9.17) is 0 Å². The standard InChI is InChI=1S/C26H28FN3O4/c1-2-3-13-30-25(33)19-11-9-17(14-20(19)26(30)34)24(32)28-18-10-12-21(27)22(15-18)29-23(31)16-7-5-4-6-8-16/h9-12,14-16H,2-8,13H2,1H3,(H,28,32)(H,29,31). The van der Waals surface area contributed by atoms with Crippen LogP contribution in [0.1, 0.15) is 82.9 Å². The molecule has 0 radical (unpaired) electrons. The summed E-state index contributed by atoms with van der Waals surface area (Å²) in [6.45, 7) is 2.32. The van der Waals surface area contributed by atoms with Gasteiger partial charge in [-0.25, -0.2) is 4.39 Å². The number of unbranched alkanes of at least 4 members (excludes halogenated alkanes) is 1. The first kappa shape index (κ1) is 23.6. The maximum Gasteiger partial charge on any atom is 0.261 e. The number of benzene rings is 2. The van der Waals surface area contributed by atoms with Crippen molar-refractivity contribution in [2.24, 2.45) is 5.92 Å². The lowest BCUT2D eigenvalue weighted by Gasteiger charge is -2.21. The topological polar surface area (TPSA) is 95.6 Å². The molecule has 0 atom stereocenters. The Hall–Kier alpha value is -3.55. The molecule has 0 spiro atoms. The van der Waals surface area contributed by atoms with Crippen molar-refractivity contribution in [3.63, 3.8) is 0 Å². The second-order valence-corrected chi connectivity index (χ2v) is 8.85. The van der Waals surface area contributed by atoms with Gasteiger partial charge < -0.3 is 10.6 Å². The fourth-order valence-corrected chi connectivity index (χ4v) is 4.45. The van der Waals surface area contributed by atoms with Crippen LogP contribution in [0.5, 0.6) is 0 Å². The molecule has 4 amide bonds. The number of imide groups is 1. The Morgan fingerprint density at radius 3 is 2.44 bits per heavy atom. The number of amides is 4. The van der Waals surface area contributed by atoms with Crippen LogP contribution in [-0.4, -0.2) is 35.1 Å². The molecule has 4 rings (SSSR count). The highest BCUT2D eigenvalue weighted by molar-refractivity contribution is 6.22. The maximum atomic E-state index is 14.3. The molecule has 34 heavy (non-hydrogen) atoms. The highest BCUT2D eigenvalue weighted by Gasteiger charge is 2.35. The van der Waals surface area contributed by atoms with Gasteiger partial charge in [-0.15, -0.1) is 0 Å². The van der Waals surface area contributed by atoms with Crippen molar-refractivity contribution >= 4 is 35.0 Å². The predicted octanol–water partition coefficient (Wildman–Crippen LogP) is 4.99. The van der Waals surface area contributed by atoms with Crippen LogP contribution in [0, 0.1) is 11.7 Å². The SMILES string of the molecule is CCCCN1C(=O)c2ccc(C(=O)Nc3ccc(F)c(NC(=O)C4CCCCC4)c3)cc2C1=O. The van der Waals surface area contributed by atoms with E-state index in [1.165, 1.54) is 41.3 Å². The van der Waals surface area contributed by atoms with Gasteiger partial charge >= 0.3 is 0 Å². The number of anilines is 2. The van der Waals surface area contributed by atoms with E-state index >= 15 is 0 Å². The predicted molar refractivity (Wildman–Crippen MR) is 126 cm³/mol. The lowest BCUT2D eigenvalue weighted by atomic mass is 9.88. The second-order valence-electron chi connectivity index (χ2n) is 8.85. The quantitative estimate of drug-likeness (QED) is 0.563. The summed E-state index contributed by atoms with van der Waals surface area (Å²) >= 11 is 0. The molecule has 2 aromatic carbocycles. The number of carbonyl (C=O) groups is 4. The normalized spacial score (nSPS) is 15.9. The van der Waals surface area contributed by atoms with E-state index in [0.717, 1.165) is 38.5 Å². The number of fused-ring (bicyclic) bond motifs is 1. The number of halogens is 1. The molecular formula is C26H28FN3O4. The van der Waals surface area contributed by atoms with Crippen molar-refractivity contribution in [2.45, 2.75) is 51.9 Å². The fourth-order valence-electron chi connectivity index (χ4n) is 4.45. The molecular weight excluding hydrogens is 437 g/mol. The first-order valence-electron chi connectivity index (χ1n) is 11.8. The van der Waals surface area contributed by atoms with Crippen molar-refractivity contribution in [2.75, 3.05) is 17.2 Å². The van der Waals surface area contributed by atoms with Crippen molar-refractivity contribution < 1.29 is 23.6 Å². The van der Waals surface area contributed by atoms with E-state index in [1.54, 1.807) is 0 Å². The van der Waals surface area contributed by atoms with Gasteiger partial charge in [-0.05, 0) is 55.7 Å². The van der Waals surface area contributed by atoms with Crippen LogP contribution in [0.25, 0.3) is 0 Å². The molecule has 0 saturated heterocycles. The highest BCUT2D eigenvalue weighted by atomic mass is 19.1. The molecule has 0 unspecified atom stereocenters. The summed E-state index contributed by atoms with van der Waals surface area (Å²) < 4.78 is 14.3. The van der Waals surface area contributed by atoms with E-state index in [-0.39, 0.29) is 40.1 Å². The number of nitrogens with zero attached hydrogens (tertiary/aromatic N) is 1. The Morgan fingerprint density at radius 1 is 0.971 bits per heavy atom. The van der Waals surface area contributed by atoms with Crippen LogP contribution in [-0.2, 0) is 4.79 Å². The number of carbonyl (C=O) groups excluding carboxylic acids is 4. The van der Waals surface area contributed by atoms with E-state index in [0.29, 0.717) is 18.7 Å². The van der Waals surface area contributed by atoms with Crippen LogP contribution in [0.3, 0.4) is 0 Å². The molecule has 178 valence electrons. The number of hydrogen-bond donors (Lipinski definition) is 2. The summed E-state index contributed by atoms with van der Waals surface area (Å²) in [4.78, 5) is 51.7. The summed E-state index contributed by atoms with van der Waals surface area (Å²) in [5.41, 5.74) is 1.00. The molecule has 1 heterocycles. The molecule has 8 heteroatoms. The summed E-state index contributed by atoms with van der Waals surface area (Å²) in [5, 5.41) is 5.32. The van der Waals surface area contributed by atoms with Gasteiger partial charge in [0.25, 0.3) is 17.7 Å². The van der Waals surface area contributed by atoms with Crippen molar-refractivity contribution in [1.29, 1.82) is 0 Å². The molecule has 1 aliphatic carbocycles. The lowest BCUT2D eigenvalue weighted by molar-refractivity contribution is -0.120. The lowest BCUT2D eigenvalue weighted by Crippen LogP contribution is -2.30.